The van der Waals surface area contributed by atoms with Crippen LogP contribution in [-0.4, -0.2) is 37.8 Å². The first-order chi connectivity index (χ1) is 11.0. The van der Waals surface area contributed by atoms with Gasteiger partial charge in [-0.15, -0.1) is 12.4 Å². The number of sulfonamides is 1. The molecule has 0 unspecified atom stereocenters. The van der Waals surface area contributed by atoms with Crippen molar-refractivity contribution in [3.8, 4) is 0 Å². The van der Waals surface area contributed by atoms with Crippen LogP contribution in [0.2, 0.25) is 0 Å². The van der Waals surface area contributed by atoms with E-state index in [4.69, 9.17) is 5.73 Å². The van der Waals surface area contributed by atoms with Crippen molar-refractivity contribution in [1.82, 2.24) is 9.62 Å². The van der Waals surface area contributed by atoms with Gasteiger partial charge in [-0.3, -0.25) is 4.79 Å². The molecule has 0 saturated carbocycles. The number of amides is 1. The fourth-order valence-corrected chi connectivity index (χ4v) is 3.64. The second kappa shape index (κ2) is 9.52. The SMILES string of the molecule is CCN(CC)S(=O)(=O)c1ccc(CNC(=O)[C@@H](N)C(C)(C)C)cc1.Cl. The molecule has 1 amide bonds. The van der Waals surface area contributed by atoms with E-state index in [1.54, 1.807) is 24.3 Å². The van der Waals surface area contributed by atoms with Crippen molar-refractivity contribution in [3.63, 3.8) is 0 Å². The molecule has 0 aromatic heterocycles. The first-order valence-electron chi connectivity index (χ1n) is 8.16. The lowest BCUT2D eigenvalue weighted by Crippen LogP contribution is -2.48. The summed E-state index contributed by atoms with van der Waals surface area (Å²) >= 11 is 0. The van der Waals surface area contributed by atoms with Crippen LogP contribution in [0.1, 0.15) is 40.2 Å². The first kappa shape index (κ1) is 23.9. The number of carbonyl (C=O) groups excluding carboxylic acids is 1. The highest BCUT2D eigenvalue weighted by Gasteiger charge is 2.27. The first-order valence-corrected chi connectivity index (χ1v) is 9.60. The van der Waals surface area contributed by atoms with Gasteiger partial charge in [0.05, 0.1) is 10.9 Å². The molecular weight excluding hydrogens is 362 g/mol. The lowest BCUT2D eigenvalue weighted by Gasteiger charge is -2.25. The summed E-state index contributed by atoms with van der Waals surface area (Å²) in [5, 5.41) is 2.78. The highest BCUT2D eigenvalue weighted by molar-refractivity contribution is 7.89. The van der Waals surface area contributed by atoms with Gasteiger partial charge in [0.25, 0.3) is 0 Å². The molecule has 1 aromatic rings. The minimum absolute atomic E-state index is 0. The Hall–Kier alpha value is -1.15. The summed E-state index contributed by atoms with van der Waals surface area (Å²) in [7, 11) is -3.46. The fourth-order valence-electron chi connectivity index (χ4n) is 2.18. The molecule has 0 aliphatic heterocycles. The Kier molecular flexibility index (Phi) is 9.08. The van der Waals surface area contributed by atoms with E-state index >= 15 is 0 Å². The molecule has 0 saturated heterocycles. The van der Waals surface area contributed by atoms with Crippen LogP contribution in [0.15, 0.2) is 29.2 Å². The van der Waals surface area contributed by atoms with E-state index in [1.807, 2.05) is 34.6 Å². The van der Waals surface area contributed by atoms with Crippen LogP contribution < -0.4 is 11.1 Å². The topological polar surface area (TPSA) is 92.5 Å². The minimum atomic E-state index is -3.46. The molecule has 144 valence electrons. The van der Waals surface area contributed by atoms with Gasteiger partial charge in [0, 0.05) is 19.6 Å². The highest BCUT2D eigenvalue weighted by atomic mass is 35.5. The van der Waals surface area contributed by atoms with Crippen LogP contribution in [0.25, 0.3) is 0 Å². The summed E-state index contributed by atoms with van der Waals surface area (Å²) in [5.74, 6) is -0.220. The van der Waals surface area contributed by atoms with Gasteiger partial charge in [-0.05, 0) is 23.1 Å². The monoisotopic (exact) mass is 391 g/mol. The molecule has 0 heterocycles. The molecule has 0 fully saturated rings. The summed E-state index contributed by atoms with van der Waals surface area (Å²) < 4.78 is 26.2. The van der Waals surface area contributed by atoms with Gasteiger partial charge >= 0.3 is 0 Å². The molecule has 8 heteroatoms. The molecule has 1 rings (SSSR count). The highest BCUT2D eigenvalue weighted by Crippen LogP contribution is 2.18. The van der Waals surface area contributed by atoms with E-state index in [0.29, 0.717) is 19.6 Å². The second-order valence-electron chi connectivity index (χ2n) is 6.79. The van der Waals surface area contributed by atoms with E-state index in [-0.39, 0.29) is 28.6 Å². The summed E-state index contributed by atoms with van der Waals surface area (Å²) in [4.78, 5) is 12.3. The summed E-state index contributed by atoms with van der Waals surface area (Å²) in [6.45, 7) is 10.5. The maximum atomic E-state index is 12.4. The Morgan fingerprint density at radius 1 is 1.16 bits per heavy atom. The van der Waals surface area contributed by atoms with Crippen LogP contribution in [0.4, 0.5) is 0 Å². The predicted octanol–water partition coefficient (Wildman–Crippen LogP) is 2.13. The van der Waals surface area contributed by atoms with Gasteiger partial charge < -0.3 is 11.1 Å². The van der Waals surface area contributed by atoms with Crippen molar-refractivity contribution in [2.45, 2.75) is 52.1 Å². The van der Waals surface area contributed by atoms with Crippen molar-refractivity contribution in [3.05, 3.63) is 29.8 Å². The molecule has 0 aliphatic rings. The molecule has 1 aromatic carbocycles. The molecule has 1 atom stereocenters. The Balaban J connectivity index is 0.00000576. The van der Waals surface area contributed by atoms with E-state index in [0.717, 1.165) is 5.56 Å². The van der Waals surface area contributed by atoms with Crippen molar-refractivity contribution in [2.24, 2.45) is 11.1 Å². The van der Waals surface area contributed by atoms with Crippen LogP contribution in [0, 0.1) is 5.41 Å². The smallest absolute Gasteiger partial charge is 0.243 e. The Morgan fingerprint density at radius 3 is 2.04 bits per heavy atom. The zero-order valence-electron chi connectivity index (χ0n) is 15.6. The molecule has 0 spiro atoms. The van der Waals surface area contributed by atoms with Crippen molar-refractivity contribution in [2.75, 3.05) is 13.1 Å². The summed E-state index contributed by atoms with van der Waals surface area (Å²) in [6.07, 6.45) is 0. The van der Waals surface area contributed by atoms with E-state index in [1.165, 1.54) is 4.31 Å². The summed E-state index contributed by atoms with van der Waals surface area (Å²) in [5.41, 5.74) is 6.42. The largest absolute Gasteiger partial charge is 0.351 e. The average molecular weight is 392 g/mol. The van der Waals surface area contributed by atoms with Crippen molar-refractivity contribution in [1.29, 1.82) is 0 Å². The van der Waals surface area contributed by atoms with Gasteiger partial charge in [-0.2, -0.15) is 4.31 Å². The molecule has 6 nitrogen and oxygen atoms in total. The molecule has 3 N–H and O–H groups in total. The third-order valence-electron chi connectivity index (χ3n) is 3.95. The average Bonchev–Trinajstić information content (AvgIpc) is 2.52. The lowest BCUT2D eigenvalue weighted by molar-refractivity contribution is -0.124. The minimum Gasteiger partial charge on any atom is -0.351 e. The zero-order valence-corrected chi connectivity index (χ0v) is 17.2. The van der Waals surface area contributed by atoms with Crippen LogP contribution in [0.5, 0.6) is 0 Å². The van der Waals surface area contributed by atoms with Gasteiger partial charge in [0.15, 0.2) is 0 Å². The number of hydrogen-bond acceptors (Lipinski definition) is 4. The van der Waals surface area contributed by atoms with Crippen LogP contribution in [-0.2, 0) is 21.4 Å². The molecule has 25 heavy (non-hydrogen) atoms. The molecule has 0 aliphatic carbocycles. The molecule has 0 bridgehead atoms. The zero-order chi connectivity index (χ0) is 18.5. The number of benzene rings is 1. The lowest BCUT2D eigenvalue weighted by atomic mass is 9.87. The quantitative estimate of drug-likeness (QED) is 0.744. The number of halogens is 1. The Bertz CT molecular complexity index is 651. The standard InChI is InChI=1S/C17H29N3O3S.ClH/c1-6-20(7-2)24(22,23)14-10-8-13(9-11-14)12-19-16(21)15(18)17(3,4)5;/h8-11,15H,6-7,12,18H2,1-5H3,(H,19,21);1H/t15-;/m1./s1. The number of nitrogens with zero attached hydrogens (tertiary/aromatic N) is 1. The number of hydrogen-bond donors (Lipinski definition) is 2. The Labute approximate surface area is 157 Å². The van der Waals surface area contributed by atoms with Crippen LogP contribution >= 0.6 is 12.4 Å². The molecular formula is C17H30ClN3O3S. The van der Waals surface area contributed by atoms with Crippen LogP contribution in [0.3, 0.4) is 0 Å². The third-order valence-corrected chi connectivity index (χ3v) is 6.01. The normalized spacial score (nSPS) is 13.2. The summed E-state index contributed by atoms with van der Waals surface area (Å²) in [6, 6.07) is 5.95. The van der Waals surface area contributed by atoms with Crippen molar-refractivity contribution >= 4 is 28.3 Å². The number of carbonyl (C=O) groups is 1. The Morgan fingerprint density at radius 2 is 1.64 bits per heavy atom. The number of nitrogens with two attached hydrogens (primary N) is 1. The van der Waals surface area contributed by atoms with Gasteiger partial charge in [-0.1, -0.05) is 46.8 Å². The van der Waals surface area contributed by atoms with Gasteiger partial charge in [0.2, 0.25) is 15.9 Å². The maximum Gasteiger partial charge on any atom is 0.243 e. The number of nitrogens with one attached hydrogen (secondary N) is 1. The maximum absolute atomic E-state index is 12.4. The van der Waals surface area contributed by atoms with Gasteiger partial charge in [0.1, 0.15) is 0 Å². The second-order valence-corrected chi connectivity index (χ2v) is 8.73. The van der Waals surface area contributed by atoms with E-state index in [2.05, 4.69) is 5.32 Å². The van der Waals surface area contributed by atoms with Crippen molar-refractivity contribution < 1.29 is 13.2 Å². The predicted molar refractivity (Wildman–Crippen MR) is 103 cm³/mol. The molecule has 0 radical (unpaired) electrons. The van der Waals surface area contributed by atoms with E-state index in [9.17, 15) is 13.2 Å². The van der Waals surface area contributed by atoms with Gasteiger partial charge in [-0.25, -0.2) is 8.42 Å². The third kappa shape index (κ3) is 6.26. The van der Waals surface area contributed by atoms with E-state index < -0.39 is 16.1 Å². The fraction of sp³-hybridized carbons (Fsp3) is 0.588. The number of rotatable bonds is 7.